The molecule has 1 amide bonds. The van der Waals surface area contributed by atoms with Crippen molar-refractivity contribution in [1.29, 1.82) is 0 Å². The van der Waals surface area contributed by atoms with Crippen LogP contribution in [0.4, 0.5) is 5.69 Å². The SMILES string of the molecule is Nc1cccc(/C=C/C(=O)NCCc2ccccn2)c1. The van der Waals surface area contributed by atoms with Crippen LogP contribution in [0.3, 0.4) is 0 Å². The summed E-state index contributed by atoms with van der Waals surface area (Å²) in [5.74, 6) is -0.122. The fourth-order valence-electron chi connectivity index (χ4n) is 1.75. The molecule has 3 N–H and O–H groups in total. The number of amides is 1. The molecule has 0 aliphatic carbocycles. The molecule has 0 bridgehead atoms. The molecule has 2 aromatic rings. The molecule has 0 spiro atoms. The minimum Gasteiger partial charge on any atom is -0.399 e. The van der Waals surface area contributed by atoms with E-state index in [9.17, 15) is 4.79 Å². The first-order valence-corrected chi connectivity index (χ1v) is 6.45. The number of aromatic nitrogens is 1. The van der Waals surface area contributed by atoms with Gasteiger partial charge < -0.3 is 11.1 Å². The number of nitrogens with zero attached hydrogens (tertiary/aromatic N) is 1. The average Bonchev–Trinajstić information content (AvgIpc) is 2.46. The largest absolute Gasteiger partial charge is 0.399 e. The lowest BCUT2D eigenvalue weighted by atomic mass is 10.2. The van der Waals surface area contributed by atoms with Gasteiger partial charge >= 0.3 is 0 Å². The highest BCUT2D eigenvalue weighted by atomic mass is 16.1. The molecule has 0 aliphatic heterocycles. The van der Waals surface area contributed by atoms with E-state index in [1.807, 2.05) is 42.5 Å². The van der Waals surface area contributed by atoms with Gasteiger partial charge in [0.25, 0.3) is 0 Å². The Morgan fingerprint density at radius 3 is 2.90 bits per heavy atom. The van der Waals surface area contributed by atoms with Crippen LogP contribution in [-0.4, -0.2) is 17.4 Å². The van der Waals surface area contributed by atoms with Crippen molar-refractivity contribution in [3.05, 3.63) is 66.0 Å². The Kier molecular flexibility index (Phi) is 4.89. The number of benzene rings is 1. The topological polar surface area (TPSA) is 68.0 Å². The Morgan fingerprint density at radius 2 is 2.15 bits per heavy atom. The van der Waals surface area contributed by atoms with Gasteiger partial charge in [-0.2, -0.15) is 0 Å². The second kappa shape index (κ2) is 7.09. The molecule has 0 atom stereocenters. The Hall–Kier alpha value is -2.62. The molecule has 0 fully saturated rings. The summed E-state index contributed by atoms with van der Waals surface area (Å²) in [4.78, 5) is 15.8. The quantitative estimate of drug-likeness (QED) is 0.643. The van der Waals surface area contributed by atoms with Crippen molar-refractivity contribution in [1.82, 2.24) is 10.3 Å². The van der Waals surface area contributed by atoms with E-state index >= 15 is 0 Å². The highest BCUT2D eigenvalue weighted by molar-refractivity contribution is 5.91. The zero-order valence-electron chi connectivity index (χ0n) is 11.1. The maximum atomic E-state index is 11.6. The Labute approximate surface area is 118 Å². The predicted molar refractivity (Wildman–Crippen MR) is 80.8 cm³/mol. The molecule has 1 aromatic carbocycles. The molecule has 4 nitrogen and oxygen atoms in total. The first kappa shape index (κ1) is 13.8. The Morgan fingerprint density at radius 1 is 1.25 bits per heavy atom. The van der Waals surface area contributed by atoms with Crippen LogP contribution in [0.15, 0.2) is 54.7 Å². The summed E-state index contributed by atoms with van der Waals surface area (Å²) < 4.78 is 0. The van der Waals surface area contributed by atoms with Gasteiger partial charge in [0, 0.05) is 36.6 Å². The van der Waals surface area contributed by atoms with Crippen LogP contribution >= 0.6 is 0 Å². The van der Waals surface area contributed by atoms with Gasteiger partial charge in [-0.05, 0) is 35.9 Å². The van der Waals surface area contributed by atoms with E-state index in [1.165, 1.54) is 6.08 Å². The molecule has 0 unspecified atom stereocenters. The van der Waals surface area contributed by atoms with Gasteiger partial charge in [0.05, 0.1) is 0 Å². The first-order valence-electron chi connectivity index (χ1n) is 6.45. The lowest BCUT2D eigenvalue weighted by Crippen LogP contribution is -2.23. The monoisotopic (exact) mass is 267 g/mol. The molecule has 0 saturated heterocycles. The molecule has 1 heterocycles. The number of hydrogen-bond donors (Lipinski definition) is 2. The van der Waals surface area contributed by atoms with Crippen molar-refractivity contribution in [3.8, 4) is 0 Å². The summed E-state index contributed by atoms with van der Waals surface area (Å²) in [6.45, 7) is 0.567. The molecule has 2 rings (SSSR count). The lowest BCUT2D eigenvalue weighted by molar-refractivity contribution is -0.116. The third-order valence-electron chi connectivity index (χ3n) is 2.74. The fraction of sp³-hybridized carbons (Fsp3) is 0.125. The van der Waals surface area contributed by atoms with Crippen molar-refractivity contribution in [2.45, 2.75) is 6.42 Å². The summed E-state index contributed by atoms with van der Waals surface area (Å²) in [5, 5.41) is 2.82. The molecule has 102 valence electrons. The summed E-state index contributed by atoms with van der Waals surface area (Å²) in [7, 11) is 0. The van der Waals surface area contributed by atoms with Crippen molar-refractivity contribution in [2.75, 3.05) is 12.3 Å². The molecular weight excluding hydrogens is 250 g/mol. The number of pyridine rings is 1. The standard InChI is InChI=1S/C16H17N3O/c17-14-5-3-4-13(12-14)7-8-16(20)19-11-9-15-6-1-2-10-18-15/h1-8,10,12H,9,11,17H2,(H,19,20)/b8-7+. The van der Waals surface area contributed by atoms with E-state index in [4.69, 9.17) is 5.73 Å². The predicted octanol–water partition coefficient (Wildman–Crippen LogP) is 2.04. The van der Waals surface area contributed by atoms with E-state index in [2.05, 4.69) is 10.3 Å². The molecule has 1 aromatic heterocycles. The summed E-state index contributed by atoms with van der Waals surface area (Å²) in [5.41, 5.74) is 8.22. The van der Waals surface area contributed by atoms with Crippen LogP contribution < -0.4 is 11.1 Å². The minimum absolute atomic E-state index is 0.122. The van der Waals surface area contributed by atoms with Gasteiger partial charge in [-0.3, -0.25) is 9.78 Å². The number of hydrogen-bond acceptors (Lipinski definition) is 3. The summed E-state index contributed by atoms with van der Waals surface area (Å²) >= 11 is 0. The second-order valence-electron chi connectivity index (χ2n) is 4.37. The molecule has 0 aliphatic rings. The van der Waals surface area contributed by atoms with Gasteiger partial charge in [0.2, 0.25) is 5.91 Å². The highest BCUT2D eigenvalue weighted by Crippen LogP contribution is 2.07. The first-order chi connectivity index (χ1) is 9.74. The third-order valence-corrected chi connectivity index (χ3v) is 2.74. The average molecular weight is 267 g/mol. The van der Waals surface area contributed by atoms with Gasteiger partial charge in [0.15, 0.2) is 0 Å². The van der Waals surface area contributed by atoms with Crippen molar-refractivity contribution >= 4 is 17.7 Å². The molecule has 20 heavy (non-hydrogen) atoms. The minimum atomic E-state index is -0.122. The van der Waals surface area contributed by atoms with Crippen LogP contribution in [0.2, 0.25) is 0 Å². The Balaban J connectivity index is 1.78. The second-order valence-corrected chi connectivity index (χ2v) is 4.37. The van der Waals surface area contributed by atoms with Crippen LogP contribution in [0.5, 0.6) is 0 Å². The number of rotatable bonds is 5. The number of nitrogens with two attached hydrogens (primary N) is 1. The smallest absolute Gasteiger partial charge is 0.244 e. The zero-order chi connectivity index (χ0) is 14.2. The molecular formula is C16H17N3O. The molecule has 0 radical (unpaired) electrons. The van der Waals surface area contributed by atoms with Crippen LogP contribution in [0.1, 0.15) is 11.3 Å². The zero-order valence-corrected chi connectivity index (χ0v) is 11.1. The van der Waals surface area contributed by atoms with Gasteiger partial charge in [0.1, 0.15) is 0 Å². The maximum Gasteiger partial charge on any atom is 0.244 e. The molecule has 4 heteroatoms. The summed E-state index contributed by atoms with van der Waals surface area (Å²) in [6, 6.07) is 13.1. The van der Waals surface area contributed by atoms with Crippen LogP contribution in [0.25, 0.3) is 6.08 Å². The van der Waals surface area contributed by atoms with Gasteiger partial charge in [-0.1, -0.05) is 18.2 Å². The van der Waals surface area contributed by atoms with Crippen molar-refractivity contribution in [2.24, 2.45) is 0 Å². The van der Waals surface area contributed by atoms with Crippen LogP contribution in [-0.2, 0) is 11.2 Å². The van der Waals surface area contributed by atoms with E-state index in [0.29, 0.717) is 12.2 Å². The van der Waals surface area contributed by atoms with E-state index in [1.54, 1.807) is 12.3 Å². The van der Waals surface area contributed by atoms with Gasteiger partial charge in [-0.25, -0.2) is 0 Å². The van der Waals surface area contributed by atoms with Crippen molar-refractivity contribution in [3.63, 3.8) is 0 Å². The van der Waals surface area contributed by atoms with E-state index in [0.717, 1.165) is 17.7 Å². The fourth-order valence-corrected chi connectivity index (χ4v) is 1.75. The highest BCUT2D eigenvalue weighted by Gasteiger charge is 1.97. The summed E-state index contributed by atoms with van der Waals surface area (Å²) in [6.07, 6.45) is 5.72. The number of nitrogens with one attached hydrogen (secondary N) is 1. The number of nitrogen functional groups attached to an aromatic ring is 1. The normalized spacial score (nSPS) is 10.6. The van der Waals surface area contributed by atoms with E-state index in [-0.39, 0.29) is 5.91 Å². The Bertz CT molecular complexity index is 594. The number of carbonyl (C=O) groups excluding carboxylic acids is 1. The van der Waals surface area contributed by atoms with Gasteiger partial charge in [-0.15, -0.1) is 0 Å². The third kappa shape index (κ3) is 4.57. The maximum absolute atomic E-state index is 11.6. The lowest BCUT2D eigenvalue weighted by Gasteiger charge is -2.01. The van der Waals surface area contributed by atoms with Crippen LogP contribution in [0, 0.1) is 0 Å². The number of carbonyl (C=O) groups is 1. The molecule has 0 saturated carbocycles. The number of anilines is 1. The van der Waals surface area contributed by atoms with Crippen molar-refractivity contribution < 1.29 is 4.79 Å². The van der Waals surface area contributed by atoms with E-state index < -0.39 is 0 Å².